The first-order valence-corrected chi connectivity index (χ1v) is 10.7. The number of rotatable bonds is 2. The number of nitrogens with zero attached hydrogens (tertiary/aromatic N) is 2. The van der Waals surface area contributed by atoms with E-state index in [0.29, 0.717) is 16.8 Å². The largest absolute Gasteiger partial charge is 0.285 e. The van der Waals surface area contributed by atoms with E-state index in [2.05, 4.69) is 0 Å². The van der Waals surface area contributed by atoms with E-state index in [1.54, 1.807) is 30.3 Å². The first-order valence-electron chi connectivity index (χ1n) is 10.7. The van der Waals surface area contributed by atoms with Gasteiger partial charge < -0.3 is 0 Å². The van der Waals surface area contributed by atoms with Crippen LogP contribution in [0.3, 0.4) is 0 Å². The average Bonchev–Trinajstić information content (AvgIpc) is 3.05. The number of amides is 2. The number of benzene rings is 3. The van der Waals surface area contributed by atoms with Crippen molar-refractivity contribution in [2.24, 2.45) is 11.8 Å². The van der Waals surface area contributed by atoms with Crippen LogP contribution in [-0.2, 0) is 15.1 Å². The van der Waals surface area contributed by atoms with Crippen LogP contribution >= 0.6 is 0 Å². The van der Waals surface area contributed by atoms with Crippen LogP contribution in [0.5, 0.6) is 0 Å². The molecule has 1 fully saturated rings. The third-order valence-electron chi connectivity index (χ3n) is 7.45. The summed E-state index contributed by atoms with van der Waals surface area (Å²) in [7, 11) is 0. The lowest BCUT2D eigenvalue weighted by Gasteiger charge is -2.48. The molecule has 32 heavy (non-hydrogen) atoms. The molecule has 6 heteroatoms. The second kappa shape index (κ2) is 6.13. The fraction of sp³-hybridized carbons (Fsp3) is 0.231. The van der Waals surface area contributed by atoms with E-state index in [0.717, 1.165) is 22.3 Å². The summed E-state index contributed by atoms with van der Waals surface area (Å²) in [5.74, 6) is -3.12. The molecule has 7 rings (SSSR count). The summed E-state index contributed by atoms with van der Waals surface area (Å²) in [4.78, 5) is 41.5. The van der Waals surface area contributed by atoms with Gasteiger partial charge >= 0.3 is 0 Å². The van der Waals surface area contributed by atoms with Crippen LogP contribution in [0.15, 0.2) is 66.7 Å². The van der Waals surface area contributed by atoms with Gasteiger partial charge in [-0.2, -0.15) is 0 Å². The Morgan fingerprint density at radius 3 is 2.03 bits per heavy atom. The molecule has 1 heterocycles. The predicted molar refractivity (Wildman–Crippen MR) is 118 cm³/mol. The Balaban J connectivity index is 1.67. The van der Waals surface area contributed by atoms with Crippen LogP contribution in [-0.4, -0.2) is 16.7 Å². The molecule has 3 aliphatic carbocycles. The minimum absolute atomic E-state index is 0.339. The van der Waals surface area contributed by atoms with Crippen molar-refractivity contribution in [2.45, 2.75) is 25.3 Å². The zero-order valence-corrected chi connectivity index (χ0v) is 17.6. The van der Waals surface area contributed by atoms with Crippen LogP contribution in [0, 0.1) is 35.8 Å². The van der Waals surface area contributed by atoms with Crippen molar-refractivity contribution < 1.29 is 14.5 Å². The molecule has 1 aliphatic heterocycles. The second-order valence-electron chi connectivity index (χ2n) is 8.98. The normalized spacial score (nSPS) is 27.2. The summed E-state index contributed by atoms with van der Waals surface area (Å²) in [6.07, 6.45) is 0. The van der Waals surface area contributed by atoms with E-state index >= 15 is 0 Å². The number of nitro groups is 1. The van der Waals surface area contributed by atoms with Gasteiger partial charge in [0.15, 0.2) is 0 Å². The summed E-state index contributed by atoms with van der Waals surface area (Å²) in [5.41, 5.74) is 3.13. The van der Waals surface area contributed by atoms with Gasteiger partial charge in [0, 0.05) is 22.0 Å². The number of hydrogen-bond acceptors (Lipinski definition) is 4. The maximum absolute atomic E-state index is 13.9. The molecule has 3 aromatic carbocycles. The Bertz CT molecular complexity index is 1310. The summed E-state index contributed by atoms with van der Waals surface area (Å²) in [6.45, 7) is 3.80. The third-order valence-corrected chi connectivity index (χ3v) is 7.45. The topological polar surface area (TPSA) is 80.5 Å². The molecule has 4 aliphatic rings. The summed E-state index contributed by atoms with van der Waals surface area (Å²) >= 11 is 0. The van der Waals surface area contributed by atoms with Gasteiger partial charge in [0.2, 0.25) is 11.8 Å². The predicted octanol–water partition coefficient (Wildman–Crippen LogP) is 4.09. The number of anilines is 1. The van der Waals surface area contributed by atoms with E-state index in [4.69, 9.17) is 0 Å². The van der Waals surface area contributed by atoms with Crippen LogP contribution in [0.2, 0.25) is 0 Å². The Hall–Kier alpha value is -3.80. The maximum atomic E-state index is 13.9. The SMILES string of the molecule is Cc1ccc(N2C(=O)[C@@H]3C4c5ccccc5C([N+](=O)[O-])(c5ccccc54)[C@H]3C2=O)c(C)c1. The summed E-state index contributed by atoms with van der Waals surface area (Å²) < 4.78 is 0. The van der Waals surface area contributed by atoms with Crippen LogP contribution in [0.25, 0.3) is 0 Å². The Morgan fingerprint density at radius 1 is 0.875 bits per heavy atom. The fourth-order valence-corrected chi connectivity index (χ4v) is 6.34. The maximum Gasteiger partial charge on any atom is 0.285 e. The molecule has 2 amide bonds. The zero-order chi connectivity index (χ0) is 22.4. The van der Waals surface area contributed by atoms with Crippen molar-refractivity contribution in [3.63, 3.8) is 0 Å². The molecule has 0 unspecified atom stereocenters. The average molecular weight is 424 g/mol. The lowest BCUT2D eigenvalue weighted by Crippen LogP contribution is -2.57. The molecule has 0 aromatic heterocycles. The summed E-state index contributed by atoms with van der Waals surface area (Å²) in [6, 6.07) is 20.0. The Labute approximate surface area is 184 Å². The summed E-state index contributed by atoms with van der Waals surface area (Å²) in [5, 5.41) is 12.9. The number of imide groups is 1. The van der Waals surface area contributed by atoms with Gasteiger partial charge in [0.1, 0.15) is 5.92 Å². The molecule has 2 atom stereocenters. The van der Waals surface area contributed by atoms with Crippen molar-refractivity contribution in [3.8, 4) is 0 Å². The highest BCUT2D eigenvalue weighted by molar-refractivity contribution is 6.24. The number of carbonyl (C=O) groups excluding carboxylic acids is 2. The van der Waals surface area contributed by atoms with Gasteiger partial charge in [-0.3, -0.25) is 19.7 Å². The molecular formula is C26H20N2O4. The fourth-order valence-electron chi connectivity index (χ4n) is 6.34. The highest BCUT2D eigenvalue weighted by Crippen LogP contribution is 2.64. The van der Waals surface area contributed by atoms with Crippen LogP contribution in [0.1, 0.15) is 39.3 Å². The van der Waals surface area contributed by atoms with Gasteiger partial charge in [0.25, 0.3) is 5.54 Å². The molecule has 1 saturated heterocycles. The van der Waals surface area contributed by atoms with Crippen LogP contribution < -0.4 is 4.90 Å². The van der Waals surface area contributed by atoms with Gasteiger partial charge in [-0.25, -0.2) is 4.90 Å². The molecule has 3 aromatic rings. The van der Waals surface area contributed by atoms with Gasteiger partial charge in [0.05, 0.1) is 11.6 Å². The minimum Gasteiger partial charge on any atom is -0.274 e. The van der Waals surface area contributed by atoms with Gasteiger partial charge in [-0.05, 0) is 36.6 Å². The smallest absolute Gasteiger partial charge is 0.274 e. The van der Waals surface area contributed by atoms with E-state index in [1.807, 2.05) is 50.2 Å². The molecule has 6 nitrogen and oxygen atoms in total. The Kier molecular flexibility index (Phi) is 3.62. The molecular weight excluding hydrogens is 404 g/mol. The van der Waals surface area contributed by atoms with Crippen molar-refractivity contribution in [2.75, 3.05) is 4.90 Å². The highest BCUT2D eigenvalue weighted by Gasteiger charge is 2.74. The second-order valence-corrected chi connectivity index (χ2v) is 8.98. The number of aryl methyl sites for hydroxylation is 2. The van der Waals surface area contributed by atoms with Crippen molar-refractivity contribution in [3.05, 3.63) is 110 Å². The van der Waals surface area contributed by atoms with E-state index < -0.39 is 23.3 Å². The number of hydrogen-bond donors (Lipinski definition) is 0. The molecule has 0 spiro atoms. The highest BCUT2D eigenvalue weighted by atomic mass is 16.6. The monoisotopic (exact) mass is 424 g/mol. The zero-order valence-electron chi connectivity index (χ0n) is 17.6. The Morgan fingerprint density at radius 2 is 1.47 bits per heavy atom. The first kappa shape index (κ1) is 18.9. The van der Waals surface area contributed by atoms with Gasteiger partial charge in [-0.15, -0.1) is 0 Å². The molecule has 0 radical (unpaired) electrons. The van der Waals surface area contributed by atoms with Crippen molar-refractivity contribution >= 4 is 17.5 Å². The van der Waals surface area contributed by atoms with Gasteiger partial charge in [-0.1, -0.05) is 66.2 Å². The van der Waals surface area contributed by atoms with E-state index in [1.165, 1.54) is 4.90 Å². The number of carbonyl (C=O) groups is 2. The lowest BCUT2D eigenvalue weighted by atomic mass is 9.51. The van der Waals surface area contributed by atoms with Crippen molar-refractivity contribution in [1.29, 1.82) is 0 Å². The molecule has 2 bridgehead atoms. The molecule has 158 valence electrons. The van der Waals surface area contributed by atoms with Crippen LogP contribution in [0.4, 0.5) is 5.69 Å². The standard InChI is InChI=1S/C26H20N2O4/c1-14-11-12-20(15(2)13-14)27-24(29)22-21-16-7-3-5-9-18(16)26(28(31)32,23(22)25(27)30)19-10-6-4-8-17(19)21/h3-13,21-23H,1-2H3/t21?,22-,23-,26?/m1/s1. The third kappa shape index (κ3) is 2.00. The van der Waals surface area contributed by atoms with Crippen molar-refractivity contribution in [1.82, 2.24) is 0 Å². The quantitative estimate of drug-likeness (QED) is 0.353. The lowest BCUT2D eigenvalue weighted by molar-refractivity contribution is -0.578. The van der Waals surface area contributed by atoms with E-state index in [9.17, 15) is 19.7 Å². The first-order chi connectivity index (χ1) is 15.4. The van der Waals surface area contributed by atoms with E-state index in [-0.39, 0.29) is 16.7 Å². The molecule has 0 saturated carbocycles. The minimum atomic E-state index is -1.79. The molecule has 0 N–H and O–H groups in total.